The first-order chi connectivity index (χ1) is 12.7. The molecular weight excluding hydrogens is 328 g/mol. The first kappa shape index (κ1) is 18.6. The molecule has 1 fully saturated rings. The predicted molar refractivity (Wildman–Crippen MR) is 101 cm³/mol. The highest BCUT2D eigenvalue weighted by molar-refractivity contribution is 5.38. The van der Waals surface area contributed by atoms with Gasteiger partial charge in [0.25, 0.3) is 0 Å². The Morgan fingerprint density at radius 3 is 2.50 bits per heavy atom. The predicted octanol–water partition coefficient (Wildman–Crippen LogP) is 6.27. The molecule has 0 unspecified atom stereocenters. The number of hydrogen-bond acceptors (Lipinski definition) is 1. The van der Waals surface area contributed by atoms with Crippen LogP contribution in [0.15, 0.2) is 60.7 Å². The van der Waals surface area contributed by atoms with Gasteiger partial charge in [0.1, 0.15) is 5.82 Å². The van der Waals surface area contributed by atoms with Crippen LogP contribution in [0.25, 0.3) is 0 Å². The van der Waals surface area contributed by atoms with E-state index in [4.69, 9.17) is 0 Å². The van der Waals surface area contributed by atoms with Crippen LogP contribution >= 0.6 is 0 Å². The number of nitriles is 1. The number of alkyl halides is 1. The number of rotatable bonds is 5. The summed E-state index contributed by atoms with van der Waals surface area (Å²) in [6, 6.07) is 9.15. The van der Waals surface area contributed by atoms with Crippen LogP contribution in [0.4, 0.5) is 8.78 Å². The number of allylic oxidation sites excluding steroid dienone is 6. The summed E-state index contributed by atoms with van der Waals surface area (Å²) in [7, 11) is 0. The second-order valence-corrected chi connectivity index (χ2v) is 7.36. The monoisotopic (exact) mass is 353 g/mol. The lowest BCUT2D eigenvalue weighted by molar-refractivity contribution is 0.238. The molecule has 26 heavy (non-hydrogen) atoms. The second-order valence-electron chi connectivity index (χ2n) is 7.36. The third kappa shape index (κ3) is 4.12. The van der Waals surface area contributed by atoms with Crippen molar-refractivity contribution in [3.05, 3.63) is 72.1 Å². The fourth-order valence-electron chi connectivity index (χ4n) is 4.16. The summed E-state index contributed by atoms with van der Waals surface area (Å²) in [4.78, 5) is 0. The number of nitrogens with zero attached hydrogens (tertiary/aromatic N) is 1. The molecule has 2 aliphatic rings. The molecule has 0 N–H and O–H groups in total. The second kappa shape index (κ2) is 8.45. The normalized spacial score (nSPS) is 31.2. The van der Waals surface area contributed by atoms with Crippen molar-refractivity contribution in [1.82, 2.24) is 0 Å². The van der Waals surface area contributed by atoms with Crippen molar-refractivity contribution >= 4 is 0 Å². The van der Waals surface area contributed by atoms with Gasteiger partial charge in [-0.1, -0.05) is 48.6 Å². The zero-order valence-electron chi connectivity index (χ0n) is 15.0. The molecule has 3 heteroatoms. The number of benzene rings is 1. The summed E-state index contributed by atoms with van der Waals surface area (Å²) in [6.45, 7) is -0.300. The van der Waals surface area contributed by atoms with Gasteiger partial charge in [-0.2, -0.15) is 5.26 Å². The molecule has 1 saturated carbocycles. The van der Waals surface area contributed by atoms with Crippen LogP contribution in [0.1, 0.15) is 43.6 Å². The summed E-state index contributed by atoms with van der Waals surface area (Å²) in [6.07, 6.45) is 16.8. The van der Waals surface area contributed by atoms with Crippen molar-refractivity contribution < 1.29 is 8.78 Å². The Bertz CT molecular complexity index is 719. The maximum absolute atomic E-state index is 13.5. The lowest BCUT2D eigenvalue weighted by Gasteiger charge is -2.37. The van der Waals surface area contributed by atoms with Gasteiger partial charge in [-0.05, 0) is 61.6 Å². The fourth-order valence-corrected chi connectivity index (χ4v) is 4.16. The van der Waals surface area contributed by atoms with Crippen LogP contribution < -0.4 is 0 Å². The maximum atomic E-state index is 13.5. The Balaban J connectivity index is 1.66. The van der Waals surface area contributed by atoms with Crippen LogP contribution in [0.3, 0.4) is 0 Å². The van der Waals surface area contributed by atoms with E-state index in [0.717, 1.165) is 31.2 Å². The highest BCUT2D eigenvalue weighted by Crippen LogP contribution is 2.45. The average Bonchev–Trinajstić information content (AvgIpc) is 2.69. The Hall–Kier alpha value is -2.21. The summed E-state index contributed by atoms with van der Waals surface area (Å²) in [5.41, 5.74) is 0.350. The molecular formula is C23H25F2N. The SMILES string of the molecule is N#CC1([C@H]2CC[C@H](/C=C/CCF)CC2)C=CC(c2cccc(F)c2)C=C1. The minimum atomic E-state index is -0.558. The van der Waals surface area contributed by atoms with E-state index < -0.39 is 5.41 Å². The summed E-state index contributed by atoms with van der Waals surface area (Å²) in [5, 5.41) is 9.87. The van der Waals surface area contributed by atoms with E-state index in [2.05, 4.69) is 12.1 Å². The molecule has 0 spiro atoms. The van der Waals surface area contributed by atoms with E-state index in [1.165, 1.54) is 6.07 Å². The van der Waals surface area contributed by atoms with E-state index in [1.807, 2.05) is 36.4 Å². The lowest BCUT2D eigenvalue weighted by Crippen LogP contribution is -2.30. The lowest BCUT2D eigenvalue weighted by atomic mass is 9.65. The minimum absolute atomic E-state index is 0.0205. The zero-order valence-corrected chi connectivity index (χ0v) is 15.0. The van der Waals surface area contributed by atoms with Crippen LogP contribution in [0.2, 0.25) is 0 Å². The van der Waals surface area contributed by atoms with E-state index in [9.17, 15) is 14.0 Å². The van der Waals surface area contributed by atoms with E-state index in [0.29, 0.717) is 18.3 Å². The van der Waals surface area contributed by atoms with Gasteiger partial charge in [-0.25, -0.2) is 4.39 Å². The van der Waals surface area contributed by atoms with Crippen molar-refractivity contribution in [2.24, 2.45) is 17.3 Å². The first-order valence-corrected chi connectivity index (χ1v) is 9.45. The smallest absolute Gasteiger partial charge is 0.123 e. The largest absolute Gasteiger partial charge is 0.251 e. The Morgan fingerprint density at radius 2 is 1.88 bits per heavy atom. The Labute approximate surface area is 154 Å². The quantitative estimate of drug-likeness (QED) is 0.573. The number of hydrogen-bond donors (Lipinski definition) is 0. The highest BCUT2D eigenvalue weighted by Gasteiger charge is 2.38. The summed E-state index contributed by atoms with van der Waals surface area (Å²) in [5.74, 6) is 0.595. The third-order valence-electron chi connectivity index (χ3n) is 5.72. The molecule has 0 radical (unpaired) electrons. The molecule has 2 aliphatic carbocycles. The molecule has 0 amide bonds. The van der Waals surface area contributed by atoms with Gasteiger partial charge in [0.2, 0.25) is 0 Å². The standard InChI is InChI=1S/C23H25F2N/c24-15-2-1-4-18-7-9-21(10-8-18)23(17-26)13-11-19(12-14-23)20-5-3-6-22(25)16-20/h1,3-6,11-14,16,18-19,21H,2,7-10,15H2/b4-1+/t18-,19?,21-,23?. The molecule has 0 aliphatic heterocycles. The molecule has 1 aromatic carbocycles. The fraction of sp³-hybridized carbons (Fsp3) is 0.435. The summed E-state index contributed by atoms with van der Waals surface area (Å²) < 4.78 is 25.7. The van der Waals surface area contributed by atoms with Crippen molar-refractivity contribution in [3.8, 4) is 6.07 Å². The topological polar surface area (TPSA) is 23.8 Å². The van der Waals surface area contributed by atoms with Crippen LogP contribution in [-0.2, 0) is 0 Å². The molecule has 3 rings (SSSR count). The molecule has 0 heterocycles. The molecule has 0 atom stereocenters. The number of halogens is 2. The molecule has 1 aromatic rings. The Kier molecular flexibility index (Phi) is 6.04. The van der Waals surface area contributed by atoms with Crippen LogP contribution in [-0.4, -0.2) is 6.67 Å². The molecule has 0 bridgehead atoms. The van der Waals surface area contributed by atoms with Gasteiger partial charge in [0.05, 0.1) is 18.2 Å². The minimum Gasteiger partial charge on any atom is -0.251 e. The molecule has 136 valence electrons. The zero-order chi connectivity index (χ0) is 18.4. The first-order valence-electron chi connectivity index (χ1n) is 9.45. The average molecular weight is 353 g/mol. The van der Waals surface area contributed by atoms with Crippen LogP contribution in [0, 0.1) is 34.4 Å². The van der Waals surface area contributed by atoms with E-state index in [1.54, 1.807) is 12.1 Å². The van der Waals surface area contributed by atoms with Gasteiger partial charge in [0.15, 0.2) is 0 Å². The van der Waals surface area contributed by atoms with Crippen molar-refractivity contribution in [1.29, 1.82) is 5.26 Å². The van der Waals surface area contributed by atoms with E-state index in [-0.39, 0.29) is 18.4 Å². The highest BCUT2D eigenvalue weighted by atomic mass is 19.1. The van der Waals surface area contributed by atoms with Crippen molar-refractivity contribution in [2.75, 3.05) is 6.67 Å². The van der Waals surface area contributed by atoms with Gasteiger partial charge in [-0.15, -0.1) is 0 Å². The molecule has 0 saturated heterocycles. The maximum Gasteiger partial charge on any atom is 0.123 e. The van der Waals surface area contributed by atoms with Gasteiger partial charge < -0.3 is 0 Å². The van der Waals surface area contributed by atoms with Crippen LogP contribution in [0.5, 0.6) is 0 Å². The van der Waals surface area contributed by atoms with Gasteiger partial charge in [0, 0.05) is 5.92 Å². The third-order valence-corrected chi connectivity index (χ3v) is 5.72. The van der Waals surface area contributed by atoms with Crippen molar-refractivity contribution in [2.45, 2.75) is 38.0 Å². The molecule has 1 nitrogen and oxygen atoms in total. The van der Waals surface area contributed by atoms with Gasteiger partial charge in [-0.3, -0.25) is 4.39 Å². The van der Waals surface area contributed by atoms with E-state index >= 15 is 0 Å². The summed E-state index contributed by atoms with van der Waals surface area (Å²) >= 11 is 0. The Morgan fingerprint density at radius 1 is 1.15 bits per heavy atom. The van der Waals surface area contributed by atoms with Gasteiger partial charge >= 0.3 is 0 Å². The molecule has 0 aromatic heterocycles. The van der Waals surface area contributed by atoms with Crippen molar-refractivity contribution in [3.63, 3.8) is 0 Å².